The van der Waals surface area contributed by atoms with Crippen molar-refractivity contribution in [2.45, 2.75) is 12.5 Å². The molecule has 1 fully saturated rings. The number of halogens is 1. The Morgan fingerprint density at radius 1 is 1.31 bits per heavy atom. The zero-order chi connectivity index (χ0) is 25.2. The number of amides is 2. The molecule has 5 heterocycles. The third-order valence-electron chi connectivity index (χ3n) is 6.34. The summed E-state index contributed by atoms with van der Waals surface area (Å²) in [7, 11) is 1.50. The second-order valence-electron chi connectivity index (χ2n) is 8.73. The van der Waals surface area contributed by atoms with Crippen molar-refractivity contribution in [2.75, 3.05) is 45.2 Å². The molecule has 5 rings (SSSR count). The minimum Gasteiger partial charge on any atom is -0.481 e. The average molecular weight is 496 g/mol. The van der Waals surface area contributed by atoms with Gasteiger partial charge in [-0.2, -0.15) is 0 Å². The molecule has 0 radical (unpaired) electrons. The van der Waals surface area contributed by atoms with Gasteiger partial charge in [-0.05, 0) is 24.6 Å². The van der Waals surface area contributed by atoms with Crippen LogP contribution in [0, 0.1) is 11.7 Å². The van der Waals surface area contributed by atoms with Gasteiger partial charge in [-0.1, -0.05) is 0 Å². The predicted octanol–water partition coefficient (Wildman–Crippen LogP) is 0.769. The maximum atomic E-state index is 14.6. The number of aliphatic hydroxyl groups excluding tert-OH is 1. The van der Waals surface area contributed by atoms with Crippen LogP contribution in [-0.2, 0) is 11.2 Å². The van der Waals surface area contributed by atoms with E-state index in [2.05, 4.69) is 25.6 Å². The minimum absolute atomic E-state index is 0.0922. The van der Waals surface area contributed by atoms with Crippen LogP contribution in [0.3, 0.4) is 0 Å². The van der Waals surface area contributed by atoms with Crippen LogP contribution in [0.5, 0.6) is 11.6 Å². The zero-order valence-electron chi connectivity index (χ0n) is 19.5. The van der Waals surface area contributed by atoms with E-state index in [-0.39, 0.29) is 36.5 Å². The van der Waals surface area contributed by atoms with Crippen molar-refractivity contribution >= 4 is 28.7 Å². The van der Waals surface area contributed by atoms with Gasteiger partial charge in [0.05, 0.1) is 30.4 Å². The van der Waals surface area contributed by atoms with E-state index in [0.29, 0.717) is 54.3 Å². The SMILES string of the molecule is COc1ccc2ncc(F)c(CCN3C[C@H](CNC(=O)c4ccc5c(n4)NC(=O)CO5)[C@H](O)C3)c2n1. The molecule has 0 unspecified atom stereocenters. The van der Waals surface area contributed by atoms with E-state index >= 15 is 0 Å². The van der Waals surface area contributed by atoms with E-state index in [1.54, 1.807) is 18.2 Å². The van der Waals surface area contributed by atoms with E-state index in [4.69, 9.17) is 9.47 Å². The molecular formula is C24H25FN6O5. The fourth-order valence-corrected chi connectivity index (χ4v) is 4.43. The van der Waals surface area contributed by atoms with Gasteiger partial charge in [0.15, 0.2) is 18.2 Å². The maximum Gasteiger partial charge on any atom is 0.269 e. The summed E-state index contributed by atoms with van der Waals surface area (Å²) in [4.78, 5) is 38.7. The Bertz CT molecular complexity index is 1320. The van der Waals surface area contributed by atoms with Crippen LogP contribution in [-0.4, -0.2) is 82.8 Å². The van der Waals surface area contributed by atoms with Gasteiger partial charge in [0, 0.05) is 43.7 Å². The molecule has 0 bridgehead atoms. The summed E-state index contributed by atoms with van der Waals surface area (Å²) in [6, 6.07) is 6.51. The van der Waals surface area contributed by atoms with E-state index < -0.39 is 17.8 Å². The van der Waals surface area contributed by atoms with Gasteiger partial charge in [-0.15, -0.1) is 0 Å². The van der Waals surface area contributed by atoms with Crippen LogP contribution in [0.4, 0.5) is 10.2 Å². The predicted molar refractivity (Wildman–Crippen MR) is 126 cm³/mol. The number of hydrogen-bond donors (Lipinski definition) is 3. The maximum absolute atomic E-state index is 14.6. The molecule has 2 aliphatic heterocycles. The molecule has 3 aromatic heterocycles. The van der Waals surface area contributed by atoms with Crippen LogP contribution in [0.15, 0.2) is 30.5 Å². The van der Waals surface area contributed by atoms with Crippen molar-refractivity contribution in [3.05, 3.63) is 47.5 Å². The highest BCUT2D eigenvalue weighted by Crippen LogP contribution is 2.26. The topological polar surface area (TPSA) is 139 Å². The number of hydrogen-bond acceptors (Lipinski definition) is 9. The molecule has 11 nitrogen and oxygen atoms in total. The van der Waals surface area contributed by atoms with Crippen LogP contribution in [0.25, 0.3) is 11.0 Å². The monoisotopic (exact) mass is 496 g/mol. The summed E-state index contributed by atoms with van der Waals surface area (Å²) in [5.74, 6) is -0.413. The molecular weight excluding hydrogens is 471 g/mol. The van der Waals surface area contributed by atoms with Crippen LogP contribution >= 0.6 is 0 Å². The number of rotatable bonds is 7. The highest BCUT2D eigenvalue weighted by Gasteiger charge is 2.32. The second kappa shape index (κ2) is 9.99. The van der Waals surface area contributed by atoms with Gasteiger partial charge in [0.25, 0.3) is 11.8 Å². The van der Waals surface area contributed by atoms with Crippen LogP contribution in [0.1, 0.15) is 16.1 Å². The lowest BCUT2D eigenvalue weighted by molar-refractivity contribution is -0.118. The molecule has 0 aromatic carbocycles. The average Bonchev–Trinajstić information content (AvgIpc) is 3.24. The Hall–Kier alpha value is -3.90. The Morgan fingerprint density at radius 3 is 3.00 bits per heavy atom. The number of nitrogens with one attached hydrogen (secondary N) is 2. The van der Waals surface area contributed by atoms with Gasteiger partial charge in [0.2, 0.25) is 5.88 Å². The van der Waals surface area contributed by atoms with Crippen molar-refractivity contribution in [3.63, 3.8) is 0 Å². The number of pyridine rings is 3. The standard InChI is InChI=1S/C24H25FN6O5/c1-35-21-5-3-16-22(30-21)14(15(25)9-26-16)6-7-31-10-13(18(32)11-31)8-27-24(34)17-2-4-19-23(28-17)29-20(33)12-36-19/h2-5,9,13,18,32H,6-8,10-12H2,1H3,(H,27,34)(H,28,29,33)/t13-,18+/m0/s1. The Balaban J connectivity index is 1.18. The molecule has 2 aliphatic rings. The highest BCUT2D eigenvalue weighted by atomic mass is 19.1. The summed E-state index contributed by atoms with van der Waals surface area (Å²) in [6.45, 7) is 1.59. The van der Waals surface area contributed by atoms with Crippen molar-refractivity contribution in [1.82, 2.24) is 25.2 Å². The number of carbonyl (C=O) groups is 2. The molecule has 0 spiro atoms. The molecule has 0 saturated carbocycles. The van der Waals surface area contributed by atoms with Crippen molar-refractivity contribution < 1.29 is 28.6 Å². The third kappa shape index (κ3) is 4.90. The number of ether oxygens (including phenoxy) is 2. The lowest BCUT2D eigenvalue weighted by atomic mass is 10.1. The first-order valence-corrected chi connectivity index (χ1v) is 11.5. The number of carbonyl (C=O) groups excluding carboxylic acids is 2. The molecule has 188 valence electrons. The number of fused-ring (bicyclic) bond motifs is 2. The van der Waals surface area contributed by atoms with E-state index in [1.807, 2.05) is 4.90 Å². The fourth-order valence-electron chi connectivity index (χ4n) is 4.43. The largest absolute Gasteiger partial charge is 0.481 e. The molecule has 2 atom stereocenters. The van der Waals surface area contributed by atoms with Crippen LogP contribution < -0.4 is 20.1 Å². The normalized spacial score (nSPS) is 19.5. The molecule has 1 saturated heterocycles. The molecule has 12 heteroatoms. The van der Waals surface area contributed by atoms with Gasteiger partial charge in [-0.3, -0.25) is 19.5 Å². The van der Waals surface area contributed by atoms with Crippen molar-refractivity contribution in [1.29, 1.82) is 0 Å². The van der Waals surface area contributed by atoms with E-state index in [1.165, 1.54) is 19.4 Å². The number of aliphatic hydroxyl groups is 1. The first-order chi connectivity index (χ1) is 17.4. The summed E-state index contributed by atoms with van der Waals surface area (Å²) in [6.07, 6.45) is 0.922. The number of aromatic nitrogens is 3. The van der Waals surface area contributed by atoms with E-state index in [0.717, 1.165) is 0 Å². The van der Waals surface area contributed by atoms with E-state index in [9.17, 15) is 19.1 Å². The number of nitrogens with zero attached hydrogens (tertiary/aromatic N) is 4. The quantitative estimate of drug-likeness (QED) is 0.433. The first kappa shape index (κ1) is 23.8. The Labute approximate surface area is 205 Å². The van der Waals surface area contributed by atoms with Crippen molar-refractivity contribution in [2.24, 2.45) is 5.92 Å². The summed E-state index contributed by atoms with van der Waals surface area (Å²) < 4.78 is 25.0. The molecule has 36 heavy (non-hydrogen) atoms. The minimum atomic E-state index is -0.647. The molecule has 2 amide bonds. The van der Waals surface area contributed by atoms with Gasteiger partial charge >= 0.3 is 0 Å². The highest BCUT2D eigenvalue weighted by molar-refractivity contribution is 5.97. The first-order valence-electron chi connectivity index (χ1n) is 11.5. The number of methoxy groups -OCH3 is 1. The van der Waals surface area contributed by atoms with Gasteiger partial charge in [-0.25, -0.2) is 14.4 Å². The zero-order valence-corrected chi connectivity index (χ0v) is 19.5. The number of β-amino-alcohol motifs (C(OH)–C–C–N with tert-alkyl or cyclic N) is 1. The third-order valence-corrected chi connectivity index (χ3v) is 6.34. The summed E-state index contributed by atoms with van der Waals surface area (Å²) >= 11 is 0. The lowest BCUT2D eigenvalue weighted by Crippen LogP contribution is -2.35. The number of anilines is 1. The van der Waals surface area contributed by atoms with Crippen molar-refractivity contribution in [3.8, 4) is 11.6 Å². The summed E-state index contributed by atoms with van der Waals surface area (Å²) in [5, 5.41) is 15.9. The number of likely N-dealkylation sites (tertiary alicyclic amines) is 1. The van der Waals surface area contributed by atoms with Gasteiger partial charge in [0.1, 0.15) is 11.5 Å². The lowest BCUT2D eigenvalue weighted by Gasteiger charge is -2.18. The van der Waals surface area contributed by atoms with Gasteiger partial charge < -0.3 is 25.2 Å². The summed E-state index contributed by atoms with van der Waals surface area (Å²) in [5.41, 5.74) is 1.61. The fraction of sp³-hybridized carbons (Fsp3) is 0.375. The second-order valence-corrected chi connectivity index (χ2v) is 8.73. The molecule has 3 aromatic rings. The smallest absolute Gasteiger partial charge is 0.269 e. The van der Waals surface area contributed by atoms with Crippen LogP contribution in [0.2, 0.25) is 0 Å². The Morgan fingerprint density at radius 2 is 2.17 bits per heavy atom. The Kier molecular flexibility index (Phi) is 6.61. The molecule has 0 aliphatic carbocycles. The molecule has 3 N–H and O–H groups in total.